The van der Waals surface area contributed by atoms with Gasteiger partial charge >= 0.3 is 0 Å². The van der Waals surface area contributed by atoms with Crippen LogP contribution in [-0.4, -0.2) is 30.4 Å². The molecule has 0 aliphatic carbocycles. The fourth-order valence-electron chi connectivity index (χ4n) is 2.90. The molecule has 0 bridgehead atoms. The summed E-state index contributed by atoms with van der Waals surface area (Å²) in [5.74, 6) is 0.0548. The number of carbonyl (C=O) groups is 1. The molecule has 5 heteroatoms. The summed E-state index contributed by atoms with van der Waals surface area (Å²) in [5.41, 5.74) is 2.11. The highest BCUT2D eigenvalue weighted by Crippen LogP contribution is 2.31. The largest absolute Gasteiger partial charge is 0.333 e. The second-order valence-electron chi connectivity index (χ2n) is 5.55. The van der Waals surface area contributed by atoms with Crippen LogP contribution in [0.15, 0.2) is 41.1 Å². The smallest absolute Gasteiger partial charge is 0.230 e. The molecule has 2 heterocycles. The number of carbonyl (C=O) groups excluding carboxylic acids is 1. The Hall–Kier alpha value is -1.36. The third-order valence-corrected chi connectivity index (χ3v) is 5.25. The maximum absolute atomic E-state index is 13.0. The number of thiophene rings is 1. The molecule has 0 radical (unpaired) electrons. The molecular formula is C17H19ClN2OS. The van der Waals surface area contributed by atoms with Gasteiger partial charge in [0.2, 0.25) is 5.91 Å². The van der Waals surface area contributed by atoms with Crippen molar-refractivity contribution in [1.82, 2.24) is 10.2 Å². The number of rotatable bonds is 3. The van der Waals surface area contributed by atoms with Gasteiger partial charge in [0.05, 0.1) is 12.0 Å². The van der Waals surface area contributed by atoms with E-state index in [1.807, 2.05) is 47.5 Å². The van der Waals surface area contributed by atoms with Crippen molar-refractivity contribution < 1.29 is 4.79 Å². The van der Waals surface area contributed by atoms with E-state index in [4.69, 9.17) is 11.6 Å². The first kappa shape index (κ1) is 15.5. The van der Waals surface area contributed by atoms with Crippen LogP contribution in [-0.2, 0) is 4.79 Å². The Morgan fingerprint density at radius 3 is 2.95 bits per heavy atom. The molecular weight excluding hydrogens is 316 g/mol. The van der Waals surface area contributed by atoms with Gasteiger partial charge < -0.3 is 10.2 Å². The molecule has 3 rings (SSSR count). The van der Waals surface area contributed by atoms with Gasteiger partial charge in [-0.05, 0) is 40.9 Å². The molecule has 2 atom stereocenters. The summed E-state index contributed by atoms with van der Waals surface area (Å²) < 4.78 is 0. The minimum atomic E-state index is -0.116. The van der Waals surface area contributed by atoms with Crippen LogP contribution in [0.4, 0.5) is 0 Å². The molecule has 3 nitrogen and oxygen atoms in total. The van der Waals surface area contributed by atoms with Crippen LogP contribution in [0.3, 0.4) is 0 Å². The van der Waals surface area contributed by atoms with Gasteiger partial charge in [0, 0.05) is 24.7 Å². The molecule has 1 aliphatic heterocycles. The Bertz CT molecular complexity index is 644. The van der Waals surface area contributed by atoms with Crippen molar-refractivity contribution >= 4 is 28.8 Å². The predicted octanol–water partition coefficient (Wildman–Crippen LogP) is 3.68. The highest BCUT2D eigenvalue weighted by Gasteiger charge is 2.32. The number of benzene rings is 1. The SMILES string of the molecule is CC(C(=O)N1CCNCC1c1ccccc1Cl)c1ccsc1. The number of nitrogens with zero attached hydrogens (tertiary/aromatic N) is 1. The van der Waals surface area contributed by atoms with Crippen LogP contribution in [0.25, 0.3) is 0 Å². The summed E-state index contributed by atoms with van der Waals surface area (Å²) in [6.07, 6.45) is 0. The molecule has 1 saturated heterocycles. The molecule has 0 spiro atoms. The number of amides is 1. The van der Waals surface area contributed by atoms with Crippen LogP contribution in [0.1, 0.15) is 30.0 Å². The maximum Gasteiger partial charge on any atom is 0.230 e. The van der Waals surface area contributed by atoms with Crippen molar-refractivity contribution in [3.05, 3.63) is 57.2 Å². The third kappa shape index (κ3) is 3.05. The van der Waals surface area contributed by atoms with Crippen molar-refractivity contribution in [3.63, 3.8) is 0 Å². The van der Waals surface area contributed by atoms with Gasteiger partial charge in [0.15, 0.2) is 0 Å². The normalized spacial score (nSPS) is 19.9. The number of hydrogen-bond acceptors (Lipinski definition) is 3. The quantitative estimate of drug-likeness (QED) is 0.928. The van der Waals surface area contributed by atoms with Crippen molar-refractivity contribution in [1.29, 1.82) is 0 Å². The average Bonchev–Trinajstić information content (AvgIpc) is 3.08. The van der Waals surface area contributed by atoms with E-state index in [0.29, 0.717) is 6.54 Å². The molecule has 1 aliphatic rings. The van der Waals surface area contributed by atoms with Gasteiger partial charge in [-0.1, -0.05) is 29.8 Å². The minimum absolute atomic E-state index is 0.00367. The van der Waals surface area contributed by atoms with E-state index in [1.165, 1.54) is 0 Å². The van der Waals surface area contributed by atoms with Gasteiger partial charge in [-0.25, -0.2) is 0 Å². The molecule has 1 fully saturated rings. The van der Waals surface area contributed by atoms with Crippen molar-refractivity contribution in [3.8, 4) is 0 Å². The summed E-state index contributed by atoms with van der Waals surface area (Å²) in [5, 5.41) is 8.16. The summed E-state index contributed by atoms with van der Waals surface area (Å²) in [4.78, 5) is 14.9. The highest BCUT2D eigenvalue weighted by molar-refractivity contribution is 7.08. The molecule has 2 aromatic rings. The first-order valence-corrected chi connectivity index (χ1v) is 8.78. The predicted molar refractivity (Wildman–Crippen MR) is 91.5 cm³/mol. The fraction of sp³-hybridized carbons (Fsp3) is 0.353. The van der Waals surface area contributed by atoms with Crippen molar-refractivity contribution in [2.45, 2.75) is 18.9 Å². The van der Waals surface area contributed by atoms with Crippen molar-refractivity contribution in [2.24, 2.45) is 0 Å². The lowest BCUT2D eigenvalue weighted by molar-refractivity contribution is -0.135. The van der Waals surface area contributed by atoms with E-state index < -0.39 is 0 Å². The molecule has 1 N–H and O–H groups in total. The maximum atomic E-state index is 13.0. The zero-order valence-corrected chi connectivity index (χ0v) is 14.0. The molecule has 1 aromatic heterocycles. The van der Waals surface area contributed by atoms with E-state index in [-0.39, 0.29) is 17.9 Å². The highest BCUT2D eigenvalue weighted by atomic mass is 35.5. The monoisotopic (exact) mass is 334 g/mol. The van der Waals surface area contributed by atoms with E-state index in [9.17, 15) is 4.79 Å². The van der Waals surface area contributed by atoms with Crippen LogP contribution < -0.4 is 5.32 Å². The fourth-order valence-corrected chi connectivity index (χ4v) is 3.92. The van der Waals surface area contributed by atoms with Gasteiger partial charge in [-0.3, -0.25) is 4.79 Å². The molecule has 22 heavy (non-hydrogen) atoms. The number of halogens is 1. The van der Waals surface area contributed by atoms with Gasteiger partial charge in [0.1, 0.15) is 0 Å². The zero-order chi connectivity index (χ0) is 15.5. The van der Waals surface area contributed by atoms with Gasteiger partial charge in [0.25, 0.3) is 0 Å². The topological polar surface area (TPSA) is 32.3 Å². The second kappa shape index (κ2) is 6.82. The lowest BCUT2D eigenvalue weighted by atomic mass is 9.98. The number of piperazine rings is 1. The Kier molecular flexibility index (Phi) is 4.81. The van der Waals surface area contributed by atoms with E-state index in [1.54, 1.807) is 11.3 Å². The molecule has 2 unspecified atom stereocenters. The Morgan fingerprint density at radius 2 is 2.23 bits per heavy atom. The summed E-state index contributed by atoms with van der Waals surface area (Å²) in [6.45, 7) is 4.26. The lowest BCUT2D eigenvalue weighted by Gasteiger charge is -2.38. The number of nitrogens with one attached hydrogen (secondary N) is 1. The van der Waals surface area contributed by atoms with Gasteiger partial charge in [-0.2, -0.15) is 11.3 Å². The first-order valence-electron chi connectivity index (χ1n) is 7.46. The van der Waals surface area contributed by atoms with Crippen LogP contribution in [0.5, 0.6) is 0 Å². The standard InChI is InChI=1S/C17H19ClN2OS/c1-12(13-6-9-22-11-13)17(21)20-8-7-19-10-16(20)14-4-2-3-5-15(14)18/h2-6,9,11-12,16,19H,7-8,10H2,1H3. The second-order valence-corrected chi connectivity index (χ2v) is 6.74. The Balaban J connectivity index is 1.87. The minimum Gasteiger partial charge on any atom is -0.333 e. The van der Waals surface area contributed by atoms with Crippen LogP contribution in [0.2, 0.25) is 5.02 Å². The zero-order valence-electron chi connectivity index (χ0n) is 12.5. The molecule has 116 valence electrons. The summed E-state index contributed by atoms with van der Waals surface area (Å²) >= 11 is 7.97. The summed E-state index contributed by atoms with van der Waals surface area (Å²) in [6, 6.07) is 9.81. The van der Waals surface area contributed by atoms with E-state index in [2.05, 4.69) is 10.7 Å². The molecule has 1 amide bonds. The third-order valence-electron chi connectivity index (χ3n) is 4.20. The lowest BCUT2D eigenvalue weighted by Crippen LogP contribution is -2.49. The van der Waals surface area contributed by atoms with Gasteiger partial charge in [-0.15, -0.1) is 0 Å². The Labute approximate surface area is 139 Å². The van der Waals surface area contributed by atoms with E-state index >= 15 is 0 Å². The first-order chi connectivity index (χ1) is 10.7. The average molecular weight is 335 g/mol. The summed E-state index contributed by atoms with van der Waals surface area (Å²) in [7, 11) is 0. The van der Waals surface area contributed by atoms with E-state index in [0.717, 1.165) is 29.2 Å². The molecule has 1 aromatic carbocycles. The van der Waals surface area contributed by atoms with Crippen LogP contribution in [0, 0.1) is 0 Å². The number of hydrogen-bond donors (Lipinski definition) is 1. The Morgan fingerprint density at radius 1 is 1.41 bits per heavy atom. The van der Waals surface area contributed by atoms with Crippen LogP contribution >= 0.6 is 22.9 Å². The van der Waals surface area contributed by atoms with Crippen molar-refractivity contribution in [2.75, 3.05) is 19.6 Å². The molecule has 0 saturated carbocycles.